The zero-order valence-corrected chi connectivity index (χ0v) is 12.7. The molecule has 19 heavy (non-hydrogen) atoms. The third-order valence-corrected chi connectivity index (χ3v) is 2.25. The maximum atomic E-state index is 11.7. The van der Waals surface area contributed by atoms with E-state index in [1.165, 1.54) is 6.39 Å². The summed E-state index contributed by atoms with van der Waals surface area (Å²) in [7, 11) is 1.65. The number of hydrogen-bond donors (Lipinski definition) is 2. The molecule has 0 bridgehead atoms. The number of carbonyl (C=O) groups excluding carboxylic acids is 1. The highest BCUT2D eigenvalue weighted by Gasteiger charge is 2.14. The summed E-state index contributed by atoms with van der Waals surface area (Å²) in [4.78, 5) is 15.6. The molecule has 1 aromatic heterocycles. The number of hydrogen-bond acceptors (Lipinski definition) is 5. The molecule has 0 aliphatic carbocycles. The Bertz CT molecular complexity index is 348. The summed E-state index contributed by atoms with van der Waals surface area (Å²) in [5, 5.41) is 5.90. The monoisotopic (exact) mass is 313 g/mol. The Morgan fingerprint density at radius 2 is 2.11 bits per heavy atom. The molecule has 2 N–H and O–H groups in total. The van der Waals surface area contributed by atoms with E-state index in [1.54, 1.807) is 7.11 Å². The number of carbonyl (C=O) groups is 1. The maximum absolute atomic E-state index is 11.7. The molecular formula is C11H21Cl2N3O3. The largest absolute Gasteiger partial charge is 0.448 e. The van der Waals surface area contributed by atoms with Gasteiger partial charge in [0.05, 0.1) is 6.61 Å². The van der Waals surface area contributed by atoms with E-state index in [4.69, 9.17) is 9.15 Å². The average molecular weight is 314 g/mol. The topological polar surface area (TPSA) is 76.4 Å². The van der Waals surface area contributed by atoms with Crippen LogP contribution in [0.5, 0.6) is 0 Å². The fraction of sp³-hybridized carbons (Fsp3) is 0.636. The van der Waals surface area contributed by atoms with Gasteiger partial charge in [0.1, 0.15) is 5.76 Å². The lowest BCUT2D eigenvalue weighted by molar-refractivity contribution is 0.0947. The third kappa shape index (κ3) is 7.37. The zero-order chi connectivity index (χ0) is 12.5. The zero-order valence-electron chi connectivity index (χ0n) is 11.1. The Morgan fingerprint density at radius 3 is 2.74 bits per heavy atom. The number of rotatable bonds is 8. The van der Waals surface area contributed by atoms with Crippen molar-refractivity contribution in [2.75, 3.05) is 33.4 Å². The smallest absolute Gasteiger partial charge is 0.273 e. The summed E-state index contributed by atoms with van der Waals surface area (Å²) in [5.41, 5.74) is 0.379. The second-order valence-corrected chi connectivity index (χ2v) is 3.48. The van der Waals surface area contributed by atoms with Gasteiger partial charge in [-0.05, 0) is 0 Å². The van der Waals surface area contributed by atoms with Crippen molar-refractivity contribution < 1.29 is 13.9 Å². The lowest BCUT2D eigenvalue weighted by Gasteiger charge is -2.05. The van der Waals surface area contributed by atoms with Gasteiger partial charge in [-0.3, -0.25) is 4.79 Å². The van der Waals surface area contributed by atoms with Crippen LogP contribution in [0.3, 0.4) is 0 Å². The molecule has 0 fully saturated rings. The molecule has 0 unspecified atom stereocenters. The second kappa shape index (κ2) is 12.2. The van der Waals surface area contributed by atoms with Gasteiger partial charge >= 0.3 is 0 Å². The molecule has 1 rings (SSSR count). The first-order valence-electron chi connectivity index (χ1n) is 5.69. The van der Waals surface area contributed by atoms with Crippen LogP contribution in [-0.4, -0.2) is 44.2 Å². The van der Waals surface area contributed by atoms with Crippen molar-refractivity contribution in [3.05, 3.63) is 17.8 Å². The molecule has 0 aliphatic heterocycles. The molecule has 0 spiro atoms. The molecule has 0 aliphatic rings. The lowest BCUT2D eigenvalue weighted by atomic mass is 10.2. The minimum absolute atomic E-state index is 0. The Balaban J connectivity index is 0. The molecule has 6 nitrogen and oxygen atoms in total. The van der Waals surface area contributed by atoms with Crippen molar-refractivity contribution in [3.8, 4) is 0 Å². The molecule has 8 heteroatoms. The van der Waals surface area contributed by atoms with Gasteiger partial charge in [-0.2, -0.15) is 0 Å². The summed E-state index contributed by atoms with van der Waals surface area (Å²) < 4.78 is 9.98. The van der Waals surface area contributed by atoms with Crippen LogP contribution in [-0.2, 0) is 11.2 Å². The quantitative estimate of drug-likeness (QED) is 0.701. The number of nitrogens with zero attached hydrogens (tertiary/aromatic N) is 1. The normalized spacial score (nSPS) is 9.37. The minimum Gasteiger partial charge on any atom is -0.448 e. The highest BCUT2D eigenvalue weighted by atomic mass is 35.5. The molecule has 1 heterocycles. The van der Waals surface area contributed by atoms with E-state index in [-0.39, 0.29) is 30.7 Å². The van der Waals surface area contributed by atoms with Crippen LogP contribution in [0.4, 0.5) is 0 Å². The van der Waals surface area contributed by atoms with E-state index in [0.717, 1.165) is 6.54 Å². The van der Waals surface area contributed by atoms with Crippen LogP contribution < -0.4 is 10.6 Å². The fourth-order valence-electron chi connectivity index (χ4n) is 1.35. The van der Waals surface area contributed by atoms with Crippen LogP contribution in [0.25, 0.3) is 0 Å². The molecule has 0 saturated carbocycles. The fourth-order valence-corrected chi connectivity index (χ4v) is 1.35. The van der Waals surface area contributed by atoms with E-state index >= 15 is 0 Å². The summed E-state index contributed by atoms with van der Waals surface area (Å²) in [6.07, 6.45) is 1.96. The number of nitrogens with one attached hydrogen (secondary N) is 2. The van der Waals surface area contributed by atoms with Gasteiger partial charge in [0.25, 0.3) is 5.91 Å². The number of halogens is 2. The Kier molecular flexibility index (Phi) is 13.2. The Hall–Kier alpha value is -0.820. The lowest BCUT2D eigenvalue weighted by Crippen LogP contribution is -2.33. The number of aryl methyl sites for hydroxylation is 1. The second-order valence-electron chi connectivity index (χ2n) is 3.48. The highest BCUT2D eigenvalue weighted by molar-refractivity contribution is 5.93. The molecule has 1 amide bonds. The number of amides is 1. The van der Waals surface area contributed by atoms with Gasteiger partial charge in [0.15, 0.2) is 12.1 Å². The molecule has 1 aromatic rings. The van der Waals surface area contributed by atoms with Gasteiger partial charge in [0, 0.05) is 33.2 Å². The van der Waals surface area contributed by atoms with E-state index in [2.05, 4.69) is 15.6 Å². The SMILES string of the molecule is CCc1ocnc1C(=O)NCCNCCOC.Cl.Cl. The predicted octanol–water partition coefficient (Wildman–Crippen LogP) is 1.05. The first-order chi connectivity index (χ1) is 8.29. The third-order valence-electron chi connectivity index (χ3n) is 2.25. The van der Waals surface area contributed by atoms with Crippen LogP contribution in [0, 0.1) is 0 Å². The van der Waals surface area contributed by atoms with E-state index in [0.29, 0.717) is 37.6 Å². The summed E-state index contributed by atoms with van der Waals surface area (Å²) in [6, 6.07) is 0. The maximum Gasteiger partial charge on any atom is 0.273 e. The van der Waals surface area contributed by atoms with E-state index in [1.807, 2.05) is 6.92 Å². The van der Waals surface area contributed by atoms with Crippen molar-refractivity contribution in [2.45, 2.75) is 13.3 Å². The average Bonchev–Trinajstić information content (AvgIpc) is 2.81. The van der Waals surface area contributed by atoms with Gasteiger partial charge in [-0.15, -0.1) is 24.8 Å². The summed E-state index contributed by atoms with van der Waals surface area (Å²) in [6.45, 7) is 4.62. The van der Waals surface area contributed by atoms with Crippen LogP contribution in [0.2, 0.25) is 0 Å². The standard InChI is InChI=1S/C11H19N3O3.2ClH/c1-3-9-10(14-8-17-9)11(15)13-5-4-12-6-7-16-2;;/h8,12H,3-7H2,1-2H3,(H,13,15);2*1H. The van der Waals surface area contributed by atoms with Crippen LogP contribution in [0.1, 0.15) is 23.2 Å². The van der Waals surface area contributed by atoms with Gasteiger partial charge < -0.3 is 19.8 Å². The molecular weight excluding hydrogens is 293 g/mol. The number of oxazole rings is 1. The summed E-state index contributed by atoms with van der Waals surface area (Å²) in [5.74, 6) is 0.430. The first kappa shape index (κ1) is 20.5. The van der Waals surface area contributed by atoms with Crippen LogP contribution in [0.15, 0.2) is 10.8 Å². The minimum atomic E-state index is -0.191. The van der Waals surface area contributed by atoms with Crippen molar-refractivity contribution >= 4 is 30.7 Å². The Labute approximate surface area is 125 Å². The van der Waals surface area contributed by atoms with Crippen molar-refractivity contribution in [2.24, 2.45) is 0 Å². The molecule has 0 radical (unpaired) electrons. The van der Waals surface area contributed by atoms with Gasteiger partial charge in [-0.1, -0.05) is 6.92 Å². The van der Waals surface area contributed by atoms with Crippen molar-refractivity contribution in [1.82, 2.24) is 15.6 Å². The molecule has 0 aromatic carbocycles. The first-order valence-corrected chi connectivity index (χ1v) is 5.69. The van der Waals surface area contributed by atoms with Crippen LogP contribution >= 0.6 is 24.8 Å². The Morgan fingerprint density at radius 1 is 1.37 bits per heavy atom. The molecule has 112 valence electrons. The number of methoxy groups -OCH3 is 1. The molecule has 0 atom stereocenters. The van der Waals surface area contributed by atoms with Gasteiger partial charge in [0.2, 0.25) is 0 Å². The number of aromatic nitrogens is 1. The van der Waals surface area contributed by atoms with Crippen molar-refractivity contribution in [3.63, 3.8) is 0 Å². The predicted molar refractivity (Wildman–Crippen MR) is 77.5 cm³/mol. The highest BCUT2D eigenvalue weighted by Crippen LogP contribution is 2.06. The summed E-state index contributed by atoms with van der Waals surface area (Å²) >= 11 is 0. The van der Waals surface area contributed by atoms with E-state index in [9.17, 15) is 4.79 Å². The van der Waals surface area contributed by atoms with E-state index < -0.39 is 0 Å². The number of ether oxygens (including phenoxy) is 1. The van der Waals surface area contributed by atoms with Gasteiger partial charge in [-0.25, -0.2) is 4.98 Å². The molecule has 0 saturated heterocycles. The van der Waals surface area contributed by atoms with Crippen molar-refractivity contribution in [1.29, 1.82) is 0 Å².